The number of fused-ring (bicyclic) bond motifs is 2. The Hall–Kier alpha value is -2.53. The van der Waals surface area contributed by atoms with E-state index < -0.39 is 0 Å². The topological polar surface area (TPSA) is 57.2 Å². The summed E-state index contributed by atoms with van der Waals surface area (Å²) < 4.78 is 0. The smallest absolute Gasteiger partial charge is 0.0730 e. The maximum absolute atomic E-state index is 9.68. The summed E-state index contributed by atoms with van der Waals surface area (Å²) in [6.45, 7) is 0.968. The molecule has 35 heavy (non-hydrogen) atoms. The number of aliphatic hydroxyl groups is 1. The van der Waals surface area contributed by atoms with Crippen molar-refractivity contribution in [1.82, 2.24) is 4.98 Å². The Kier molecular flexibility index (Phi) is 9.47. The fourth-order valence-corrected chi connectivity index (χ4v) is 4.87. The minimum absolute atomic E-state index is 0.109. The van der Waals surface area contributed by atoms with E-state index in [0.29, 0.717) is 18.2 Å². The Morgan fingerprint density at radius 1 is 0.743 bits per heavy atom. The van der Waals surface area contributed by atoms with Crippen LogP contribution in [0.2, 0.25) is 0 Å². The number of para-hydroxylation sites is 2. The molecule has 0 aliphatic heterocycles. The number of aromatic nitrogens is 1. The van der Waals surface area contributed by atoms with E-state index >= 15 is 0 Å². The van der Waals surface area contributed by atoms with Crippen molar-refractivity contribution in [3.63, 3.8) is 0 Å². The predicted octanol–water partition coefficient (Wildman–Crippen LogP) is 7.66. The molecular formula is C29H33Cl2N3O. The number of hydrogen-bond acceptors (Lipinski definition) is 4. The molecule has 0 bridgehead atoms. The summed E-state index contributed by atoms with van der Waals surface area (Å²) in [5, 5.41) is 19.3. The minimum atomic E-state index is 0.109. The van der Waals surface area contributed by atoms with Crippen LogP contribution in [0, 0.1) is 0 Å². The van der Waals surface area contributed by atoms with E-state index in [1.54, 1.807) is 0 Å². The molecule has 184 valence electrons. The van der Waals surface area contributed by atoms with Crippen LogP contribution in [-0.2, 0) is 12.8 Å². The molecule has 0 aliphatic carbocycles. The molecule has 3 aromatic carbocycles. The second kappa shape index (κ2) is 13.0. The predicted molar refractivity (Wildman–Crippen MR) is 152 cm³/mol. The van der Waals surface area contributed by atoms with Crippen LogP contribution < -0.4 is 10.6 Å². The molecule has 0 unspecified atom stereocenters. The molecule has 3 N–H and O–H groups in total. The maximum Gasteiger partial charge on any atom is 0.0730 e. The average Bonchev–Trinajstić information content (AvgIpc) is 2.88. The van der Waals surface area contributed by atoms with Crippen LogP contribution in [0.4, 0.5) is 17.1 Å². The van der Waals surface area contributed by atoms with Crippen LogP contribution >= 0.6 is 23.2 Å². The number of nitrogens with zero attached hydrogens (tertiary/aromatic N) is 1. The third kappa shape index (κ3) is 6.38. The molecule has 0 fully saturated rings. The van der Waals surface area contributed by atoms with Gasteiger partial charge in [0.2, 0.25) is 0 Å². The van der Waals surface area contributed by atoms with Crippen molar-refractivity contribution >= 4 is 62.1 Å². The molecule has 4 rings (SSSR count). The lowest BCUT2D eigenvalue weighted by Crippen LogP contribution is -2.09. The highest BCUT2D eigenvalue weighted by Gasteiger charge is 2.15. The van der Waals surface area contributed by atoms with E-state index in [1.165, 1.54) is 5.56 Å². The quantitative estimate of drug-likeness (QED) is 0.0982. The number of unbranched alkanes of at least 4 members (excludes halogenated alkanes) is 2. The van der Waals surface area contributed by atoms with E-state index in [1.807, 2.05) is 12.1 Å². The lowest BCUT2D eigenvalue weighted by atomic mass is 9.98. The van der Waals surface area contributed by atoms with Gasteiger partial charge in [0.25, 0.3) is 0 Å². The number of benzene rings is 3. The Morgan fingerprint density at radius 2 is 1.37 bits per heavy atom. The fraction of sp³-hybridized carbons (Fsp3) is 0.345. The van der Waals surface area contributed by atoms with Crippen molar-refractivity contribution in [2.45, 2.75) is 38.5 Å². The highest BCUT2D eigenvalue weighted by molar-refractivity contribution is 6.18. The van der Waals surface area contributed by atoms with E-state index in [-0.39, 0.29) is 6.61 Å². The molecule has 0 radical (unpaired) electrons. The third-order valence-corrected chi connectivity index (χ3v) is 6.78. The van der Waals surface area contributed by atoms with Crippen molar-refractivity contribution < 1.29 is 5.11 Å². The first-order valence-corrected chi connectivity index (χ1v) is 13.5. The summed E-state index contributed by atoms with van der Waals surface area (Å²) >= 11 is 11.9. The molecule has 4 aromatic rings. The highest BCUT2D eigenvalue weighted by Crippen LogP contribution is 2.37. The van der Waals surface area contributed by atoms with Crippen molar-refractivity contribution in [2.75, 3.05) is 35.5 Å². The number of anilines is 3. The van der Waals surface area contributed by atoms with Crippen LogP contribution in [0.5, 0.6) is 0 Å². The first-order chi connectivity index (χ1) is 17.2. The van der Waals surface area contributed by atoms with Crippen LogP contribution in [0.3, 0.4) is 0 Å². The number of rotatable bonds is 13. The average molecular weight is 511 g/mol. The van der Waals surface area contributed by atoms with Gasteiger partial charge in [-0.15, -0.1) is 23.2 Å². The zero-order valence-corrected chi connectivity index (χ0v) is 21.5. The number of hydrogen-bond donors (Lipinski definition) is 3. The normalized spacial score (nSPS) is 11.3. The van der Waals surface area contributed by atoms with Gasteiger partial charge in [-0.25, -0.2) is 4.98 Å². The Morgan fingerprint density at radius 3 is 2.03 bits per heavy atom. The van der Waals surface area contributed by atoms with Gasteiger partial charge in [0, 0.05) is 47.1 Å². The van der Waals surface area contributed by atoms with Gasteiger partial charge in [0.05, 0.1) is 16.7 Å². The number of pyridine rings is 1. The molecule has 0 spiro atoms. The number of alkyl halides is 2. The second-order valence-electron chi connectivity index (χ2n) is 8.76. The molecule has 1 heterocycles. The first-order valence-electron chi connectivity index (χ1n) is 12.4. The van der Waals surface area contributed by atoms with E-state index in [2.05, 4.69) is 59.2 Å². The molecule has 0 atom stereocenters. The Labute approximate surface area is 217 Å². The summed E-state index contributed by atoms with van der Waals surface area (Å²) in [6, 6.07) is 20.9. The highest BCUT2D eigenvalue weighted by atomic mass is 35.5. The molecule has 1 aromatic heterocycles. The summed E-state index contributed by atoms with van der Waals surface area (Å²) in [6.07, 6.45) is 5.47. The third-order valence-electron chi connectivity index (χ3n) is 6.24. The lowest BCUT2D eigenvalue weighted by molar-refractivity contribution is 0.299. The van der Waals surface area contributed by atoms with Gasteiger partial charge in [0.1, 0.15) is 0 Å². The summed E-state index contributed by atoms with van der Waals surface area (Å²) in [5.74, 6) is 1.33. The van der Waals surface area contributed by atoms with Gasteiger partial charge in [-0.2, -0.15) is 0 Å². The number of aliphatic hydroxyl groups excluding tert-OH is 1. The van der Waals surface area contributed by atoms with Gasteiger partial charge in [-0.3, -0.25) is 0 Å². The largest absolute Gasteiger partial charge is 0.396 e. The molecule has 0 saturated heterocycles. The molecule has 0 aliphatic rings. The number of nitrogens with one attached hydrogen (secondary N) is 2. The Bertz CT molecular complexity index is 1210. The second-order valence-corrected chi connectivity index (χ2v) is 9.51. The zero-order chi connectivity index (χ0) is 24.5. The van der Waals surface area contributed by atoms with Gasteiger partial charge < -0.3 is 15.7 Å². The van der Waals surface area contributed by atoms with Crippen molar-refractivity contribution in [1.29, 1.82) is 0 Å². The monoisotopic (exact) mass is 509 g/mol. The van der Waals surface area contributed by atoms with Crippen molar-refractivity contribution in [3.05, 3.63) is 71.8 Å². The summed E-state index contributed by atoms with van der Waals surface area (Å²) in [5.41, 5.74) is 7.49. The molecule has 0 amide bonds. The summed E-state index contributed by atoms with van der Waals surface area (Å²) in [7, 11) is 0. The molecular weight excluding hydrogens is 477 g/mol. The van der Waals surface area contributed by atoms with Crippen molar-refractivity contribution in [2.24, 2.45) is 0 Å². The van der Waals surface area contributed by atoms with E-state index in [9.17, 15) is 5.11 Å². The molecule has 0 saturated carbocycles. The zero-order valence-electron chi connectivity index (χ0n) is 20.0. The minimum Gasteiger partial charge on any atom is -0.396 e. The maximum atomic E-state index is 9.68. The fourth-order valence-electron chi connectivity index (χ4n) is 4.49. The lowest BCUT2D eigenvalue weighted by Gasteiger charge is -2.21. The SMILES string of the molecule is OCCc1cc(NCCCCCl)c(CCCCCl)c(Nc2c3ccccc3nc3ccccc23)c1. The van der Waals surface area contributed by atoms with Crippen LogP contribution in [0.1, 0.15) is 36.8 Å². The van der Waals surface area contributed by atoms with E-state index in [4.69, 9.17) is 28.2 Å². The van der Waals surface area contributed by atoms with Gasteiger partial charge in [-0.05, 0) is 73.9 Å². The van der Waals surface area contributed by atoms with Crippen LogP contribution in [0.15, 0.2) is 60.7 Å². The molecule has 4 nitrogen and oxygen atoms in total. The van der Waals surface area contributed by atoms with Crippen molar-refractivity contribution in [3.8, 4) is 0 Å². The molecule has 6 heteroatoms. The van der Waals surface area contributed by atoms with Gasteiger partial charge >= 0.3 is 0 Å². The Balaban J connectivity index is 1.82. The van der Waals surface area contributed by atoms with E-state index in [0.717, 1.165) is 83.1 Å². The van der Waals surface area contributed by atoms with Crippen LogP contribution in [-0.4, -0.2) is 35.0 Å². The van der Waals surface area contributed by atoms with Gasteiger partial charge in [-0.1, -0.05) is 36.4 Å². The van der Waals surface area contributed by atoms with Gasteiger partial charge in [0.15, 0.2) is 0 Å². The first kappa shape index (κ1) is 25.6. The standard InChI is InChI=1S/C29H33Cl2N3O/c30-15-6-5-9-22-27(32-17-8-7-16-31)19-21(14-18-35)20-28(22)34-29-23-10-1-3-12-25(23)33-26-13-4-2-11-24(26)29/h1-4,10-13,19-20,32,35H,5-9,14-18H2,(H,33,34). The summed E-state index contributed by atoms with van der Waals surface area (Å²) in [4.78, 5) is 4.87. The van der Waals surface area contributed by atoms with Crippen LogP contribution in [0.25, 0.3) is 21.8 Å². The number of halogens is 2.